The number of hydrogen-bond donors (Lipinski definition) is 0. The first kappa shape index (κ1) is 17.2. The smallest absolute Gasteiger partial charge is 0.199 e. The van der Waals surface area contributed by atoms with Crippen LogP contribution in [-0.4, -0.2) is 25.8 Å². The molecule has 0 amide bonds. The van der Waals surface area contributed by atoms with Gasteiger partial charge in [0.1, 0.15) is 5.65 Å². The van der Waals surface area contributed by atoms with Crippen LogP contribution in [0.2, 0.25) is 0 Å². The molecule has 0 spiro atoms. The second-order valence-corrected chi connectivity index (χ2v) is 6.94. The fourth-order valence-corrected chi connectivity index (χ4v) is 3.91. The van der Waals surface area contributed by atoms with Crippen molar-refractivity contribution in [3.8, 4) is 0 Å². The van der Waals surface area contributed by atoms with E-state index in [0.717, 1.165) is 37.9 Å². The Hall–Kier alpha value is -2.27. The van der Waals surface area contributed by atoms with E-state index in [1.54, 1.807) is 6.07 Å². The highest BCUT2D eigenvalue weighted by Gasteiger charge is 2.27. The van der Waals surface area contributed by atoms with E-state index in [-0.39, 0.29) is 5.95 Å². The summed E-state index contributed by atoms with van der Waals surface area (Å²) in [7, 11) is 0. The lowest BCUT2D eigenvalue weighted by atomic mass is 9.90. The molecule has 0 aliphatic heterocycles. The van der Waals surface area contributed by atoms with E-state index in [0.29, 0.717) is 18.2 Å². The number of imidazole rings is 1. The average Bonchev–Trinajstić information content (AvgIpc) is 3.09. The van der Waals surface area contributed by atoms with Gasteiger partial charge in [0.05, 0.1) is 17.4 Å². The summed E-state index contributed by atoms with van der Waals surface area (Å²) in [6, 6.07) is 9.50. The van der Waals surface area contributed by atoms with Crippen LogP contribution in [0.15, 0.2) is 42.7 Å². The minimum absolute atomic E-state index is 0.282. The Morgan fingerprint density at radius 2 is 2.19 bits per heavy atom. The molecule has 4 nitrogen and oxygen atoms in total. The van der Waals surface area contributed by atoms with Crippen molar-refractivity contribution in [2.75, 3.05) is 6.54 Å². The zero-order valence-corrected chi connectivity index (χ0v) is 14.9. The van der Waals surface area contributed by atoms with Crippen molar-refractivity contribution in [2.24, 2.45) is 0 Å². The number of hydrogen-bond acceptors (Lipinski definition) is 3. The predicted molar refractivity (Wildman–Crippen MR) is 100 cm³/mol. The van der Waals surface area contributed by atoms with Gasteiger partial charge in [-0.2, -0.15) is 4.39 Å². The summed E-state index contributed by atoms with van der Waals surface area (Å²) >= 11 is 0. The van der Waals surface area contributed by atoms with Gasteiger partial charge in [-0.25, -0.2) is 4.98 Å². The van der Waals surface area contributed by atoms with Crippen molar-refractivity contribution in [1.29, 1.82) is 0 Å². The molecule has 26 heavy (non-hydrogen) atoms. The van der Waals surface area contributed by atoms with Crippen molar-refractivity contribution in [2.45, 2.75) is 44.7 Å². The molecule has 0 fully saturated rings. The van der Waals surface area contributed by atoms with E-state index in [4.69, 9.17) is 0 Å². The van der Waals surface area contributed by atoms with Crippen LogP contribution in [-0.2, 0) is 13.0 Å². The molecule has 3 heterocycles. The third kappa shape index (κ3) is 3.36. The molecule has 0 saturated carbocycles. The summed E-state index contributed by atoms with van der Waals surface area (Å²) in [5.74, 6) is -0.282. The maximum absolute atomic E-state index is 14.0. The summed E-state index contributed by atoms with van der Waals surface area (Å²) in [6.07, 6.45) is 8.99. The van der Waals surface area contributed by atoms with Gasteiger partial charge in [0.2, 0.25) is 0 Å². The molecule has 0 bridgehead atoms. The normalized spacial score (nSPS) is 17.0. The number of nitrogens with zero attached hydrogens (tertiary/aromatic N) is 4. The van der Waals surface area contributed by atoms with E-state index in [1.165, 1.54) is 28.1 Å². The molecule has 1 unspecified atom stereocenters. The number of rotatable bonds is 6. The standard InChI is InChI=1S/C21H24FN4/c1-2-3-13-25(18-9-4-7-16-8-6-12-23-21(16)18)14-17-15-26-19(22)10-5-11-20(26)24-17/h5-6,8,10-12,15,18H,1-4,7,9,13-14H2. The number of aryl methyl sites for hydroxylation is 1. The lowest BCUT2D eigenvalue weighted by molar-refractivity contribution is 0.162. The molecule has 1 aliphatic carbocycles. The van der Waals surface area contributed by atoms with Gasteiger partial charge < -0.3 is 0 Å². The zero-order valence-electron chi connectivity index (χ0n) is 14.9. The molecule has 0 N–H and O–H groups in total. The maximum atomic E-state index is 14.0. The largest absolute Gasteiger partial charge is 0.289 e. The van der Waals surface area contributed by atoms with Crippen molar-refractivity contribution in [3.63, 3.8) is 0 Å². The quantitative estimate of drug-likeness (QED) is 0.619. The second kappa shape index (κ2) is 7.54. The lowest BCUT2D eigenvalue weighted by Crippen LogP contribution is -2.32. The highest BCUT2D eigenvalue weighted by atomic mass is 19.1. The number of pyridine rings is 2. The molecule has 3 aromatic heterocycles. The minimum atomic E-state index is -0.282. The van der Waals surface area contributed by atoms with E-state index >= 15 is 0 Å². The number of aromatic nitrogens is 3. The molecule has 135 valence electrons. The molecule has 1 aliphatic rings. The number of unbranched alkanes of at least 4 members (excludes halogenated alkanes) is 1. The Morgan fingerprint density at radius 3 is 3.04 bits per heavy atom. The summed E-state index contributed by atoms with van der Waals surface area (Å²) in [6.45, 7) is 5.63. The lowest BCUT2D eigenvalue weighted by Gasteiger charge is -2.34. The van der Waals surface area contributed by atoms with Crippen LogP contribution in [0.4, 0.5) is 4.39 Å². The van der Waals surface area contributed by atoms with E-state index in [9.17, 15) is 4.39 Å². The predicted octanol–water partition coefficient (Wildman–Crippen LogP) is 4.36. The zero-order chi connectivity index (χ0) is 17.9. The maximum Gasteiger partial charge on any atom is 0.199 e. The monoisotopic (exact) mass is 351 g/mol. The Kier molecular flexibility index (Phi) is 4.98. The topological polar surface area (TPSA) is 33.4 Å². The minimum Gasteiger partial charge on any atom is -0.289 e. The molecule has 1 radical (unpaired) electrons. The molecule has 1 atom stereocenters. The van der Waals surface area contributed by atoms with Gasteiger partial charge in [-0.15, -0.1) is 0 Å². The number of fused-ring (bicyclic) bond motifs is 2. The van der Waals surface area contributed by atoms with Gasteiger partial charge in [0.25, 0.3) is 0 Å². The van der Waals surface area contributed by atoms with E-state index in [2.05, 4.69) is 27.9 Å². The molecule has 4 rings (SSSR count). The van der Waals surface area contributed by atoms with Crippen LogP contribution in [0.3, 0.4) is 0 Å². The molecule has 0 aromatic carbocycles. The average molecular weight is 351 g/mol. The van der Waals surface area contributed by atoms with Crippen LogP contribution in [0.1, 0.15) is 48.7 Å². The van der Waals surface area contributed by atoms with Crippen molar-refractivity contribution < 1.29 is 4.39 Å². The Balaban J connectivity index is 1.64. The summed E-state index contributed by atoms with van der Waals surface area (Å²) in [5.41, 5.74) is 4.09. The van der Waals surface area contributed by atoms with Gasteiger partial charge >= 0.3 is 0 Å². The first-order chi connectivity index (χ1) is 12.8. The fourth-order valence-electron chi connectivity index (χ4n) is 3.91. The first-order valence-electron chi connectivity index (χ1n) is 9.36. The Labute approximate surface area is 153 Å². The Morgan fingerprint density at radius 1 is 1.27 bits per heavy atom. The van der Waals surface area contributed by atoms with Gasteiger partial charge in [-0.1, -0.05) is 25.5 Å². The van der Waals surface area contributed by atoms with Gasteiger partial charge in [0.15, 0.2) is 5.95 Å². The van der Waals surface area contributed by atoms with Gasteiger partial charge in [-0.3, -0.25) is 14.3 Å². The Bertz CT molecular complexity index is 889. The fraction of sp³-hybridized carbons (Fsp3) is 0.381. The summed E-state index contributed by atoms with van der Waals surface area (Å²) in [4.78, 5) is 11.7. The second-order valence-electron chi connectivity index (χ2n) is 6.94. The van der Waals surface area contributed by atoms with Crippen molar-refractivity contribution in [1.82, 2.24) is 19.3 Å². The molecule has 5 heteroatoms. The van der Waals surface area contributed by atoms with Crippen LogP contribution in [0.5, 0.6) is 0 Å². The molecular formula is C21H24FN4. The molecular weight excluding hydrogens is 327 g/mol. The highest BCUT2D eigenvalue weighted by Crippen LogP contribution is 2.33. The summed E-state index contributed by atoms with van der Waals surface area (Å²) in [5, 5.41) is 0. The van der Waals surface area contributed by atoms with Crippen LogP contribution >= 0.6 is 0 Å². The van der Waals surface area contributed by atoms with Gasteiger partial charge in [0, 0.05) is 18.9 Å². The van der Waals surface area contributed by atoms with E-state index in [1.807, 2.05) is 24.5 Å². The van der Waals surface area contributed by atoms with Gasteiger partial charge in [-0.05, 0) is 56.0 Å². The number of halogens is 1. The van der Waals surface area contributed by atoms with Crippen LogP contribution in [0, 0.1) is 12.9 Å². The van der Waals surface area contributed by atoms with E-state index < -0.39 is 0 Å². The third-order valence-electron chi connectivity index (χ3n) is 5.16. The van der Waals surface area contributed by atoms with Crippen molar-refractivity contribution >= 4 is 5.65 Å². The highest BCUT2D eigenvalue weighted by molar-refractivity contribution is 5.39. The van der Waals surface area contributed by atoms with Crippen LogP contribution in [0.25, 0.3) is 5.65 Å². The van der Waals surface area contributed by atoms with Crippen LogP contribution < -0.4 is 0 Å². The SMILES string of the molecule is [CH2]CCCN(Cc1cn2c(F)cccc2n1)C1CCCc2cccnc21. The molecule has 3 aromatic rings. The summed E-state index contributed by atoms with van der Waals surface area (Å²) < 4.78 is 15.5. The third-order valence-corrected chi connectivity index (χ3v) is 5.16. The molecule has 0 saturated heterocycles. The van der Waals surface area contributed by atoms with Crippen molar-refractivity contribution in [3.05, 3.63) is 72.5 Å². The first-order valence-corrected chi connectivity index (χ1v) is 9.36.